The monoisotopic (exact) mass is 428 g/mol. The lowest BCUT2D eigenvalue weighted by Gasteiger charge is -2.12. The second-order valence-corrected chi connectivity index (χ2v) is 7.50. The van der Waals surface area contributed by atoms with Gasteiger partial charge in [0.25, 0.3) is 5.91 Å². The second kappa shape index (κ2) is 9.45. The maximum Gasteiger partial charge on any atom is 0.271 e. The number of halogens is 1. The summed E-state index contributed by atoms with van der Waals surface area (Å²) in [5.41, 5.74) is 5.78. The SMILES string of the molecule is Cc1ccccc1C(=O)N/N=C/c1c(OCc2ccccc2Cl)ccc2ccccc12. The fraction of sp³-hybridized carbons (Fsp3) is 0.0769. The molecule has 0 saturated heterocycles. The number of aryl methyl sites for hydroxylation is 1. The summed E-state index contributed by atoms with van der Waals surface area (Å²) in [6.45, 7) is 2.22. The molecule has 0 atom stereocenters. The van der Waals surface area contributed by atoms with Crippen LogP contribution in [0.25, 0.3) is 10.8 Å². The number of nitrogens with one attached hydrogen (secondary N) is 1. The van der Waals surface area contributed by atoms with Crippen LogP contribution in [0.4, 0.5) is 0 Å². The van der Waals surface area contributed by atoms with E-state index in [0.717, 1.165) is 27.5 Å². The maximum atomic E-state index is 12.5. The van der Waals surface area contributed by atoms with Crippen LogP contribution in [0.2, 0.25) is 5.02 Å². The predicted molar refractivity (Wildman–Crippen MR) is 126 cm³/mol. The quantitative estimate of drug-likeness (QED) is 0.296. The summed E-state index contributed by atoms with van der Waals surface area (Å²) in [5, 5.41) is 6.90. The molecule has 0 aromatic heterocycles. The molecular formula is C26H21ClN2O2. The zero-order chi connectivity index (χ0) is 21.6. The summed E-state index contributed by atoms with van der Waals surface area (Å²) < 4.78 is 6.09. The zero-order valence-corrected chi connectivity index (χ0v) is 17.8. The Balaban J connectivity index is 1.61. The summed E-state index contributed by atoms with van der Waals surface area (Å²) in [6, 6.07) is 26.8. The number of ether oxygens (including phenoxy) is 1. The van der Waals surface area contributed by atoms with Gasteiger partial charge in [0.1, 0.15) is 12.4 Å². The van der Waals surface area contributed by atoms with Crippen molar-refractivity contribution in [1.82, 2.24) is 5.43 Å². The number of nitrogens with zero attached hydrogens (tertiary/aromatic N) is 1. The van der Waals surface area contributed by atoms with Crippen molar-refractivity contribution in [3.63, 3.8) is 0 Å². The molecule has 0 spiro atoms. The van der Waals surface area contributed by atoms with Crippen LogP contribution in [-0.4, -0.2) is 12.1 Å². The van der Waals surface area contributed by atoms with Gasteiger partial charge in [-0.2, -0.15) is 5.10 Å². The van der Waals surface area contributed by atoms with E-state index in [0.29, 0.717) is 22.9 Å². The molecule has 0 saturated carbocycles. The summed E-state index contributed by atoms with van der Waals surface area (Å²) in [6.07, 6.45) is 1.63. The minimum absolute atomic E-state index is 0.256. The van der Waals surface area contributed by atoms with E-state index in [1.165, 1.54) is 0 Å². The minimum atomic E-state index is -0.256. The van der Waals surface area contributed by atoms with Gasteiger partial charge in [0.15, 0.2) is 0 Å². The van der Waals surface area contributed by atoms with Crippen LogP contribution >= 0.6 is 11.6 Å². The average molecular weight is 429 g/mol. The van der Waals surface area contributed by atoms with E-state index in [2.05, 4.69) is 10.5 Å². The van der Waals surface area contributed by atoms with Crippen molar-refractivity contribution in [1.29, 1.82) is 0 Å². The Morgan fingerprint density at radius 3 is 2.55 bits per heavy atom. The number of carbonyl (C=O) groups excluding carboxylic acids is 1. The standard InChI is InChI=1S/C26H21ClN2O2/c1-18-8-2-5-11-21(18)26(30)29-28-16-23-22-12-6-3-9-19(22)14-15-25(23)31-17-20-10-4-7-13-24(20)27/h2-16H,17H2,1H3,(H,29,30)/b28-16+. The van der Waals surface area contributed by atoms with Gasteiger partial charge in [0.2, 0.25) is 0 Å². The lowest BCUT2D eigenvalue weighted by Crippen LogP contribution is -2.18. The maximum absolute atomic E-state index is 12.5. The Labute approximate surface area is 186 Å². The molecular weight excluding hydrogens is 408 g/mol. The fourth-order valence-electron chi connectivity index (χ4n) is 3.35. The van der Waals surface area contributed by atoms with Crippen molar-refractivity contribution in [3.8, 4) is 5.75 Å². The number of amides is 1. The number of hydrogen-bond acceptors (Lipinski definition) is 3. The smallest absolute Gasteiger partial charge is 0.271 e. The van der Waals surface area contributed by atoms with Gasteiger partial charge in [-0.05, 0) is 41.5 Å². The zero-order valence-electron chi connectivity index (χ0n) is 17.0. The fourth-order valence-corrected chi connectivity index (χ4v) is 3.54. The van der Waals surface area contributed by atoms with Crippen molar-refractivity contribution in [3.05, 3.63) is 112 Å². The van der Waals surface area contributed by atoms with Crippen LogP contribution in [0.5, 0.6) is 5.75 Å². The number of fused-ring (bicyclic) bond motifs is 1. The van der Waals surface area contributed by atoms with Crippen LogP contribution in [0, 0.1) is 6.92 Å². The molecule has 5 heteroatoms. The largest absolute Gasteiger partial charge is 0.488 e. The molecule has 0 unspecified atom stereocenters. The van der Waals surface area contributed by atoms with Crippen molar-refractivity contribution < 1.29 is 9.53 Å². The Morgan fingerprint density at radius 2 is 1.71 bits per heavy atom. The van der Waals surface area contributed by atoms with E-state index >= 15 is 0 Å². The molecule has 0 heterocycles. The van der Waals surface area contributed by atoms with Crippen LogP contribution in [-0.2, 0) is 6.61 Å². The summed E-state index contributed by atoms with van der Waals surface area (Å²) in [7, 11) is 0. The third kappa shape index (κ3) is 4.76. The van der Waals surface area contributed by atoms with E-state index in [-0.39, 0.29) is 5.91 Å². The molecule has 1 N–H and O–H groups in total. The first kappa shape index (κ1) is 20.6. The molecule has 4 nitrogen and oxygen atoms in total. The first-order valence-electron chi connectivity index (χ1n) is 9.90. The number of hydrogen-bond donors (Lipinski definition) is 1. The minimum Gasteiger partial charge on any atom is -0.488 e. The second-order valence-electron chi connectivity index (χ2n) is 7.09. The number of carbonyl (C=O) groups is 1. The van der Waals surface area contributed by atoms with Crippen molar-refractivity contribution in [2.45, 2.75) is 13.5 Å². The van der Waals surface area contributed by atoms with Crippen LogP contribution in [0.15, 0.2) is 90.0 Å². The third-order valence-corrected chi connectivity index (χ3v) is 5.39. The molecule has 4 aromatic carbocycles. The number of rotatable bonds is 6. The molecule has 0 aliphatic carbocycles. The van der Waals surface area contributed by atoms with Gasteiger partial charge in [-0.15, -0.1) is 0 Å². The number of hydrazone groups is 1. The van der Waals surface area contributed by atoms with Gasteiger partial charge in [0, 0.05) is 21.7 Å². The highest BCUT2D eigenvalue weighted by molar-refractivity contribution is 6.31. The van der Waals surface area contributed by atoms with Gasteiger partial charge < -0.3 is 4.74 Å². The van der Waals surface area contributed by atoms with E-state index in [1.807, 2.05) is 85.8 Å². The van der Waals surface area contributed by atoms with Crippen LogP contribution < -0.4 is 10.2 Å². The summed E-state index contributed by atoms with van der Waals surface area (Å²) >= 11 is 6.26. The highest BCUT2D eigenvalue weighted by atomic mass is 35.5. The highest BCUT2D eigenvalue weighted by Crippen LogP contribution is 2.28. The summed E-state index contributed by atoms with van der Waals surface area (Å²) in [4.78, 5) is 12.5. The molecule has 0 bridgehead atoms. The Morgan fingerprint density at radius 1 is 0.968 bits per heavy atom. The predicted octanol–water partition coefficient (Wildman–Crippen LogP) is 6.14. The molecule has 4 aromatic rings. The molecule has 31 heavy (non-hydrogen) atoms. The Kier molecular flexibility index (Phi) is 6.29. The average Bonchev–Trinajstić information content (AvgIpc) is 2.79. The van der Waals surface area contributed by atoms with E-state index in [4.69, 9.17) is 16.3 Å². The lowest BCUT2D eigenvalue weighted by atomic mass is 10.0. The Bertz CT molecular complexity index is 1270. The van der Waals surface area contributed by atoms with Crippen LogP contribution in [0.1, 0.15) is 27.0 Å². The molecule has 4 rings (SSSR count). The molecule has 0 aliphatic rings. The van der Waals surface area contributed by atoms with Gasteiger partial charge in [-0.3, -0.25) is 4.79 Å². The molecule has 1 amide bonds. The van der Waals surface area contributed by atoms with E-state index in [1.54, 1.807) is 12.3 Å². The topological polar surface area (TPSA) is 50.7 Å². The molecule has 0 aliphatic heterocycles. The number of benzene rings is 4. The van der Waals surface area contributed by atoms with Crippen molar-refractivity contribution in [2.24, 2.45) is 5.10 Å². The highest BCUT2D eigenvalue weighted by Gasteiger charge is 2.10. The first-order valence-corrected chi connectivity index (χ1v) is 10.3. The van der Waals surface area contributed by atoms with Gasteiger partial charge in [-0.25, -0.2) is 5.43 Å². The molecule has 0 radical (unpaired) electrons. The van der Waals surface area contributed by atoms with Gasteiger partial charge >= 0.3 is 0 Å². The Hall–Kier alpha value is -3.63. The van der Waals surface area contributed by atoms with Gasteiger partial charge in [-0.1, -0.05) is 78.3 Å². The van der Waals surface area contributed by atoms with Gasteiger partial charge in [0.05, 0.1) is 6.21 Å². The lowest BCUT2D eigenvalue weighted by molar-refractivity contribution is 0.0954. The van der Waals surface area contributed by atoms with Crippen molar-refractivity contribution in [2.75, 3.05) is 0 Å². The van der Waals surface area contributed by atoms with E-state index in [9.17, 15) is 4.79 Å². The molecule has 0 fully saturated rings. The first-order chi connectivity index (χ1) is 15.1. The molecule has 154 valence electrons. The summed E-state index contributed by atoms with van der Waals surface area (Å²) in [5.74, 6) is 0.403. The van der Waals surface area contributed by atoms with Crippen molar-refractivity contribution >= 4 is 34.5 Å². The normalized spacial score (nSPS) is 11.0. The third-order valence-electron chi connectivity index (χ3n) is 5.02. The van der Waals surface area contributed by atoms with E-state index < -0.39 is 0 Å². The van der Waals surface area contributed by atoms with Crippen LogP contribution in [0.3, 0.4) is 0 Å².